The topological polar surface area (TPSA) is 162 Å². The van der Waals surface area contributed by atoms with Gasteiger partial charge in [-0.1, -0.05) is 17.7 Å². The summed E-state index contributed by atoms with van der Waals surface area (Å²) in [6.07, 6.45) is -3.55. The van der Waals surface area contributed by atoms with Crippen LogP contribution in [0.4, 0.5) is 0 Å². The average Bonchev–Trinajstić information content (AvgIpc) is 2.57. The second kappa shape index (κ2) is 7.81. The third kappa shape index (κ3) is 4.57. The van der Waals surface area contributed by atoms with Gasteiger partial charge in [-0.05, 0) is 19.1 Å². The van der Waals surface area contributed by atoms with Crippen LogP contribution >= 0.6 is 0 Å². The highest BCUT2D eigenvalue weighted by molar-refractivity contribution is 5.94. The number of carbonyl (C=O) groups is 3. The van der Waals surface area contributed by atoms with E-state index in [0.29, 0.717) is 5.56 Å². The summed E-state index contributed by atoms with van der Waals surface area (Å²) in [5.74, 6) is -2.21. The molecule has 0 bridgehead atoms. The number of nitrogens with two attached hydrogens (primary N) is 1. The number of hydrogen-bond donors (Lipinski definition) is 6. The van der Waals surface area contributed by atoms with Crippen molar-refractivity contribution in [3.05, 3.63) is 35.4 Å². The lowest BCUT2D eigenvalue weighted by Gasteiger charge is -2.41. The predicted octanol–water partition coefficient (Wildman–Crippen LogP) is -2.06. The molecule has 0 spiro atoms. The van der Waals surface area contributed by atoms with Crippen LogP contribution in [-0.2, 0) is 9.59 Å². The molecule has 1 aliphatic rings. The van der Waals surface area contributed by atoms with Gasteiger partial charge in [-0.25, -0.2) is 0 Å². The van der Waals surface area contributed by atoms with Gasteiger partial charge in [-0.3, -0.25) is 14.4 Å². The molecule has 1 aliphatic carbocycles. The number of hydrogen-bond acceptors (Lipinski definition) is 6. The monoisotopic (exact) mass is 365 g/mol. The van der Waals surface area contributed by atoms with Gasteiger partial charge in [0, 0.05) is 18.4 Å². The minimum Gasteiger partial charge on any atom is -0.390 e. The first-order valence-corrected chi connectivity index (χ1v) is 8.15. The van der Waals surface area contributed by atoms with Gasteiger partial charge in [0.1, 0.15) is 11.7 Å². The van der Waals surface area contributed by atoms with E-state index in [0.717, 1.165) is 5.56 Å². The zero-order valence-corrected chi connectivity index (χ0v) is 14.3. The van der Waals surface area contributed by atoms with E-state index in [1.165, 1.54) is 0 Å². The highest BCUT2D eigenvalue weighted by Crippen LogP contribution is 2.29. The Hall–Kier alpha value is -2.49. The Morgan fingerprint density at radius 3 is 2.38 bits per heavy atom. The minimum atomic E-state index is -2.06. The van der Waals surface area contributed by atoms with E-state index in [4.69, 9.17) is 5.73 Å². The maximum absolute atomic E-state index is 12.3. The Kier molecular flexibility index (Phi) is 5.96. The second-order valence-corrected chi connectivity index (χ2v) is 6.59. The summed E-state index contributed by atoms with van der Waals surface area (Å²) >= 11 is 0. The smallest absolute Gasteiger partial charge is 0.252 e. The Labute approximate surface area is 150 Å². The van der Waals surface area contributed by atoms with Gasteiger partial charge in [0.15, 0.2) is 0 Å². The standard InChI is InChI=1S/C17H23N3O6/c1-9-2-4-10(5-3-9)15(24)20-11-6-17(26,7-12(21)14(11)23)16(25)19-8-13(18)22/h2-5,11-12,14,21,23,26H,6-8H2,1H3,(H2,18,22)(H,19,25)(H,20,24). The number of amides is 3. The Morgan fingerprint density at radius 1 is 1.19 bits per heavy atom. The van der Waals surface area contributed by atoms with Crippen LogP contribution in [0.3, 0.4) is 0 Å². The van der Waals surface area contributed by atoms with Gasteiger partial charge >= 0.3 is 0 Å². The Morgan fingerprint density at radius 2 is 1.81 bits per heavy atom. The van der Waals surface area contributed by atoms with Crippen molar-refractivity contribution < 1.29 is 29.7 Å². The number of primary amides is 1. The molecular weight excluding hydrogens is 342 g/mol. The molecule has 0 heterocycles. The molecule has 1 saturated carbocycles. The number of carbonyl (C=O) groups excluding carboxylic acids is 3. The molecule has 2 rings (SSSR count). The average molecular weight is 365 g/mol. The summed E-state index contributed by atoms with van der Waals surface area (Å²) in [5.41, 5.74) is 4.20. The van der Waals surface area contributed by atoms with Crippen molar-refractivity contribution in [3.63, 3.8) is 0 Å². The summed E-state index contributed by atoms with van der Waals surface area (Å²) in [5, 5.41) is 35.4. The summed E-state index contributed by atoms with van der Waals surface area (Å²) in [6.45, 7) is 1.40. The van der Waals surface area contributed by atoms with Gasteiger partial charge in [0.25, 0.3) is 11.8 Å². The van der Waals surface area contributed by atoms with Crippen molar-refractivity contribution in [2.45, 2.75) is 43.6 Å². The molecule has 26 heavy (non-hydrogen) atoms. The van der Waals surface area contributed by atoms with Crippen molar-refractivity contribution in [3.8, 4) is 0 Å². The molecule has 9 heteroatoms. The van der Waals surface area contributed by atoms with E-state index in [1.807, 2.05) is 6.92 Å². The molecule has 1 aromatic rings. The van der Waals surface area contributed by atoms with Crippen molar-refractivity contribution >= 4 is 17.7 Å². The minimum absolute atomic E-state index is 0.326. The maximum Gasteiger partial charge on any atom is 0.252 e. The molecule has 9 nitrogen and oxygen atoms in total. The second-order valence-electron chi connectivity index (χ2n) is 6.59. The molecule has 4 atom stereocenters. The number of aliphatic hydroxyl groups is 3. The molecule has 142 valence electrons. The van der Waals surface area contributed by atoms with Crippen LogP contribution < -0.4 is 16.4 Å². The molecule has 0 aliphatic heterocycles. The van der Waals surface area contributed by atoms with Crippen LogP contribution in [0.2, 0.25) is 0 Å². The third-order valence-electron chi connectivity index (χ3n) is 4.39. The van der Waals surface area contributed by atoms with Gasteiger partial charge in [-0.15, -0.1) is 0 Å². The van der Waals surface area contributed by atoms with E-state index in [-0.39, 0.29) is 6.42 Å². The molecule has 0 radical (unpaired) electrons. The molecule has 1 aromatic carbocycles. The van der Waals surface area contributed by atoms with E-state index < -0.39 is 54.5 Å². The molecule has 1 fully saturated rings. The molecule has 4 unspecified atom stereocenters. The zero-order chi connectivity index (χ0) is 19.5. The SMILES string of the molecule is Cc1ccc(C(=O)NC2CC(O)(C(=O)NCC(N)=O)CC(O)C2O)cc1. The Bertz CT molecular complexity index is 692. The number of aryl methyl sites for hydroxylation is 1. The molecule has 3 amide bonds. The molecule has 0 aromatic heterocycles. The van der Waals surface area contributed by atoms with Crippen molar-refractivity contribution in [2.75, 3.05) is 6.54 Å². The lowest BCUT2D eigenvalue weighted by Crippen LogP contribution is -2.63. The fraction of sp³-hybridized carbons (Fsp3) is 0.471. The van der Waals surface area contributed by atoms with Gasteiger partial charge in [0.2, 0.25) is 5.91 Å². The van der Waals surface area contributed by atoms with E-state index >= 15 is 0 Å². The fourth-order valence-electron chi connectivity index (χ4n) is 2.91. The van der Waals surface area contributed by atoms with Crippen LogP contribution in [-0.4, -0.2) is 63.4 Å². The van der Waals surface area contributed by atoms with Crippen LogP contribution in [0.5, 0.6) is 0 Å². The molecule has 7 N–H and O–H groups in total. The summed E-state index contributed by atoms with van der Waals surface area (Å²) in [6, 6.07) is 5.63. The third-order valence-corrected chi connectivity index (χ3v) is 4.39. The predicted molar refractivity (Wildman–Crippen MR) is 90.8 cm³/mol. The Balaban J connectivity index is 2.11. The normalized spacial score (nSPS) is 28.2. The maximum atomic E-state index is 12.3. The summed E-state index contributed by atoms with van der Waals surface area (Å²) in [4.78, 5) is 35.2. The molecular formula is C17H23N3O6. The van der Waals surface area contributed by atoms with E-state index in [1.54, 1.807) is 24.3 Å². The first-order chi connectivity index (χ1) is 12.1. The van der Waals surface area contributed by atoms with Crippen molar-refractivity contribution in [1.82, 2.24) is 10.6 Å². The van der Waals surface area contributed by atoms with Gasteiger partial charge < -0.3 is 31.7 Å². The van der Waals surface area contributed by atoms with E-state index in [2.05, 4.69) is 10.6 Å². The highest BCUT2D eigenvalue weighted by atomic mass is 16.3. The first-order valence-electron chi connectivity index (χ1n) is 8.15. The van der Waals surface area contributed by atoms with Gasteiger partial charge in [0.05, 0.1) is 18.7 Å². The zero-order valence-electron chi connectivity index (χ0n) is 14.3. The van der Waals surface area contributed by atoms with Gasteiger partial charge in [-0.2, -0.15) is 0 Å². The summed E-state index contributed by atoms with van der Waals surface area (Å²) < 4.78 is 0. The largest absolute Gasteiger partial charge is 0.390 e. The van der Waals surface area contributed by atoms with Crippen LogP contribution in [0.25, 0.3) is 0 Å². The lowest BCUT2D eigenvalue weighted by atomic mass is 9.77. The van der Waals surface area contributed by atoms with Crippen LogP contribution in [0.15, 0.2) is 24.3 Å². The molecule has 0 saturated heterocycles. The highest BCUT2D eigenvalue weighted by Gasteiger charge is 2.49. The number of nitrogens with one attached hydrogen (secondary N) is 2. The lowest BCUT2D eigenvalue weighted by molar-refractivity contribution is -0.158. The number of benzene rings is 1. The summed E-state index contributed by atoms with van der Waals surface area (Å²) in [7, 11) is 0. The fourth-order valence-corrected chi connectivity index (χ4v) is 2.91. The van der Waals surface area contributed by atoms with E-state index in [9.17, 15) is 29.7 Å². The van der Waals surface area contributed by atoms with Crippen molar-refractivity contribution in [1.29, 1.82) is 0 Å². The van der Waals surface area contributed by atoms with Crippen LogP contribution in [0, 0.1) is 6.92 Å². The van der Waals surface area contributed by atoms with Crippen LogP contribution in [0.1, 0.15) is 28.8 Å². The van der Waals surface area contributed by atoms with Crippen molar-refractivity contribution in [2.24, 2.45) is 5.73 Å². The number of rotatable bonds is 5. The first kappa shape index (κ1) is 19.8. The quantitative estimate of drug-likeness (QED) is 0.352. The number of aliphatic hydroxyl groups excluding tert-OH is 2.